The van der Waals surface area contributed by atoms with Gasteiger partial charge in [-0.15, -0.1) is 10.2 Å². The van der Waals surface area contributed by atoms with E-state index >= 15 is 0 Å². The van der Waals surface area contributed by atoms with Crippen molar-refractivity contribution in [2.24, 2.45) is 0 Å². The molecule has 2 heterocycles. The number of nitrogens with zero attached hydrogens (tertiary/aromatic N) is 3. The summed E-state index contributed by atoms with van der Waals surface area (Å²) in [4.78, 5) is 2.09. The zero-order valence-electron chi connectivity index (χ0n) is 17.4. The Balaban J connectivity index is 1.84. The molecular weight excluding hydrogens is 450 g/mol. The predicted molar refractivity (Wildman–Crippen MR) is 111 cm³/mol. The molecule has 1 fully saturated rings. The first kappa shape index (κ1) is 23.1. The average molecular weight is 470 g/mol. The fourth-order valence-electron chi connectivity index (χ4n) is 4.02. The molecule has 1 aromatic heterocycles. The summed E-state index contributed by atoms with van der Waals surface area (Å²) >= 11 is 0. The fourth-order valence-corrected chi connectivity index (χ4v) is 4.02. The minimum atomic E-state index is -4.66. The molecule has 0 spiro atoms. The van der Waals surface area contributed by atoms with E-state index in [0.29, 0.717) is 12.6 Å². The Morgan fingerprint density at radius 3 is 2.24 bits per heavy atom. The summed E-state index contributed by atoms with van der Waals surface area (Å²) in [5.74, 6) is -0.554. The van der Waals surface area contributed by atoms with Crippen LogP contribution in [0.5, 0.6) is 5.75 Å². The van der Waals surface area contributed by atoms with Crippen LogP contribution in [0.2, 0.25) is 0 Å². The van der Waals surface area contributed by atoms with E-state index in [0.717, 1.165) is 43.7 Å². The van der Waals surface area contributed by atoms with E-state index in [4.69, 9.17) is 0 Å². The van der Waals surface area contributed by atoms with Crippen LogP contribution in [0.15, 0.2) is 36.4 Å². The van der Waals surface area contributed by atoms with E-state index < -0.39 is 29.2 Å². The average Bonchev–Trinajstić information content (AvgIpc) is 2.72. The van der Waals surface area contributed by atoms with Gasteiger partial charge in [-0.1, -0.05) is 6.07 Å². The van der Waals surface area contributed by atoms with Crippen LogP contribution in [0.3, 0.4) is 0 Å². The number of piperidine rings is 1. The zero-order chi connectivity index (χ0) is 24.0. The molecule has 1 aliphatic heterocycles. The first-order valence-corrected chi connectivity index (χ1v) is 10.2. The standard InChI is InChI=1S/C22H20F6N4O/c1-32-8-2-3-14(11-32)29-20-17-9-12(21(23,24)25)4-6-15(17)19(30-31-20)16-7-5-13(10-18(16)33)22(26,27)28/h4-7,9-10,14,33H,2-3,8,11H2,1H3,(H,29,31). The van der Waals surface area contributed by atoms with Gasteiger partial charge in [0.25, 0.3) is 0 Å². The highest BCUT2D eigenvalue weighted by Gasteiger charge is 2.33. The van der Waals surface area contributed by atoms with Gasteiger partial charge >= 0.3 is 12.4 Å². The second-order valence-corrected chi connectivity index (χ2v) is 8.13. The number of aromatic hydroxyl groups is 1. The van der Waals surface area contributed by atoms with Crippen molar-refractivity contribution in [3.63, 3.8) is 0 Å². The van der Waals surface area contributed by atoms with Crippen molar-refractivity contribution in [2.45, 2.75) is 31.2 Å². The van der Waals surface area contributed by atoms with Gasteiger partial charge in [-0.2, -0.15) is 26.3 Å². The van der Waals surface area contributed by atoms with Crippen LogP contribution in [-0.4, -0.2) is 46.4 Å². The van der Waals surface area contributed by atoms with Gasteiger partial charge < -0.3 is 15.3 Å². The molecule has 2 aromatic carbocycles. The van der Waals surface area contributed by atoms with Crippen LogP contribution in [0.4, 0.5) is 32.2 Å². The SMILES string of the molecule is CN1CCCC(Nc2nnc(-c3ccc(C(F)(F)F)cc3O)c3ccc(C(F)(F)F)cc23)C1. The minimum Gasteiger partial charge on any atom is -0.507 e. The van der Waals surface area contributed by atoms with E-state index in [1.807, 2.05) is 7.05 Å². The van der Waals surface area contributed by atoms with Gasteiger partial charge in [0.15, 0.2) is 5.82 Å². The summed E-state index contributed by atoms with van der Waals surface area (Å²) in [6, 6.07) is 5.30. The zero-order valence-corrected chi connectivity index (χ0v) is 17.4. The van der Waals surface area contributed by atoms with Crippen molar-refractivity contribution < 1.29 is 31.4 Å². The number of fused-ring (bicyclic) bond motifs is 1. The lowest BCUT2D eigenvalue weighted by Crippen LogP contribution is -2.40. The molecule has 2 N–H and O–H groups in total. The number of nitrogens with one attached hydrogen (secondary N) is 1. The quantitative estimate of drug-likeness (QED) is 0.492. The molecule has 11 heteroatoms. The molecule has 1 aliphatic rings. The van der Waals surface area contributed by atoms with Gasteiger partial charge in [-0.05, 0) is 56.8 Å². The van der Waals surface area contributed by atoms with Crippen molar-refractivity contribution in [3.05, 3.63) is 47.5 Å². The predicted octanol–water partition coefficient (Wildman–Crippen LogP) is 5.55. The monoisotopic (exact) mass is 470 g/mol. The third-order valence-electron chi connectivity index (χ3n) is 5.65. The molecule has 33 heavy (non-hydrogen) atoms. The summed E-state index contributed by atoms with van der Waals surface area (Å²) in [7, 11) is 1.94. The number of phenols is 1. The van der Waals surface area contributed by atoms with Gasteiger partial charge in [0.05, 0.1) is 11.1 Å². The third-order valence-corrected chi connectivity index (χ3v) is 5.65. The third kappa shape index (κ3) is 4.82. The number of halogens is 6. The number of likely N-dealkylation sites (N-methyl/N-ethyl adjacent to an activating group) is 1. The highest BCUT2D eigenvalue weighted by Crippen LogP contribution is 2.40. The van der Waals surface area contributed by atoms with Crippen LogP contribution in [0.1, 0.15) is 24.0 Å². The van der Waals surface area contributed by atoms with Gasteiger partial charge in [-0.25, -0.2) is 0 Å². The van der Waals surface area contributed by atoms with Gasteiger partial charge in [0.1, 0.15) is 11.4 Å². The molecule has 0 radical (unpaired) electrons. The van der Waals surface area contributed by atoms with Gasteiger partial charge in [0, 0.05) is 28.9 Å². The number of alkyl halides is 6. The van der Waals surface area contributed by atoms with E-state index in [1.54, 1.807) is 0 Å². The number of anilines is 1. The first-order valence-electron chi connectivity index (χ1n) is 10.2. The molecule has 0 bridgehead atoms. The number of phenolic OH excluding ortho intramolecular Hbond substituents is 1. The lowest BCUT2D eigenvalue weighted by atomic mass is 10.00. The Morgan fingerprint density at radius 1 is 0.939 bits per heavy atom. The van der Waals surface area contributed by atoms with E-state index in [2.05, 4.69) is 20.4 Å². The lowest BCUT2D eigenvalue weighted by Gasteiger charge is -2.30. The Hall–Kier alpha value is -3.08. The molecule has 1 unspecified atom stereocenters. The molecule has 1 atom stereocenters. The second kappa shape index (κ2) is 8.36. The van der Waals surface area contributed by atoms with Crippen molar-refractivity contribution >= 4 is 16.6 Å². The Morgan fingerprint density at radius 2 is 1.61 bits per heavy atom. The van der Waals surface area contributed by atoms with Crippen LogP contribution >= 0.6 is 0 Å². The van der Waals surface area contributed by atoms with E-state index in [9.17, 15) is 31.4 Å². The van der Waals surface area contributed by atoms with Crippen molar-refractivity contribution in [1.82, 2.24) is 15.1 Å². The molecular formula is C22H20F6N4O. The summed E-state index contributed by atoms with van der Waals surface area (Å²) in [6.07, 6.45) is -7.55. The molecule has 4 rings (SSSR count). The number of hydrogen-bond donors (Lipinski definition) is 2. The van der Waals surface area contributed by atoms with Crippen LogP contribution < -0.4 is 5.32 Å². The number of hydrogen-bond acceptors (Lipinski definition) is 5. The topological polar surface area (TPSA) is 61.3 Å². The van der Waals surface area contributed by atoms with Crippen molar-refractivity contribution in [3.8, 4) is 17.0 Å². The highest BCUT2D eigenvalue weighted by atomic mass is 19.4. The summed E-state index contributed by atoms with van der Waals surface area (Å²) < 4.78 is 79.0. The number of rotatable bonds is 3. The molecule has 0 aliphatic carbocycles. The largest absolute Gasteiger partial charge is 0.507 e. The van der Waals surface area contributed by atoms with E-state index in [1.165, 1.54) is 6.07 Å². The molecule has 0 saturated carbocycles. The van der Waals surface area contributed by atoms with Crippen molar-refractivity contribution in [1.29, 1.82) is 0 Å². The first-order chi connectivity index (χ1) is 15.4. The normalized spacial score (nSPS) is 18.0. The highest BCUT2D eigenvalue weighted by molar-refractivity contribution is 6.01. The maximum atomic E-state index is 13.4. The molecule has 0 amide bonds. The maximum absolute atomic E-state index is 13.4. The lowest BCUT2D eigenvalue weighted by molar-refractivity contribution is -0.138. The smallest absolute Gasteiger partial charge is 0.416 e. The van der Waals surface area contributed by atoms with Crippen LogP contribution in [0, 0.1) is 0 Å². The fraction of sp³-hybridized carbons (Fsp3) is 0.364. The molecule has 5 nitrogen and oxygen atoms in total. The second-order valence-electron chi connectivity index (χ2n) is 8.13. The Labute approximate surface area is 185 Å². The number of benzene rings is 2. The summed E-state index contributed by atoms with van der Waals surface area (Å²) in [5, 5.41) is 21.9. The molecule has 3 aromatic rings. The summed E-state index contributed by atoms with van der Waals surface area (Å²) in [5.41, 5.74) is -2.03. The molecule has 176 valence electrons. The minimum absolute atomic E-state index is 0.0174. The van der Waals surface area contributed by atoms with Crippen molar-refractivity contribution in [2.75, 3.05) is 25.5 Å². The van der Waals surface area contributed by atoms with Gasteiger partial charge in [0.2, 0.25) is 0 Å². The number of aromatic nitrogens is 2. The van der Waals surface area contributed by atoms with E-state index in [-0.39, 0.29) is 33.9 Å². The molecule has 1 saturated heterocycles. The summed E-state index contributed by atoms with van der Waals surface area (Å²) in [6.45, 7) is 1.58. The van der Waals surface area contributed by atoms with Crippen LogP contribution in [0.25, 0.3) is 22.0 Å². The Bertz CT molecular complexity index is 1180. The van der Waals surface area contributed by atoms with Gasteiger partial charge in [-0.3, -0.25) is 0 Å². The number of likely N-dealkylation sites (tertiary alicyclic amines) is 1. The maximum Gasteiger partial charge on any atom is 0.416 e. The van der Waals surface area contributed by atoms with Crippen LogP contribution in [-0.2, 0) is 12.4 Å². The Kier molecular flexibility index (Phi) is 5.85.